The summed E-state index contributed by atoms with van der Waals surface area (Å²) >= 11 is 0. The molecule has 0 saturated carbocycles. The first-order valence-electron chi connectivity index (χ1n) is 5.86. The van der Waals surface area contributed by atoms with Crippen LogP contribution in [0.25, 0.3) is 5.65 Å². The lowest BCUT2D eigenvalue weighted by Crippen LogP contribution is -2.28. The van der Waals surface area contributed by atoms with Crippen LogP contribution in [0.2, 0.25) is 0 Å². The van der Waals surface area contributed by atoms with Gasteiger partial charge in [-0.15, -0.1) is 10.2 Å². The minimum Gasteiger partial charge on any atom is -0.316 e. The van der Waals surface area contributed by atoms with E-state index >= 15 is 0 Å². The van der Waals surface area contributed by atoms with Crippen LogP contribution in [0, 0.1) is 6.92 Å². The Bertz CT molecular complexity index is 497. The zero-order chi connectivity index (χ0) is 11.0. The summed E-state index contributed by atoms with van der Waals surface area (Å²) in [5.74, 6) is 1.58. The standard InChI is InChI=1S/C12H16N4/c1-9-14-15-12-7-10(4-6-16(9)12)11-3-2-5-13-8-11/h4,6-7,11,13H,2-3,5,8H2,1H3. The summed E-state index contributed by atoms with van der Waals surface area (Å²) in [6.07, 6.45) is 4.62. The number of rotatable bonds is 1. The number of nitrogens with one attached hydrogen (secondary N) is 1. The molecule has 1 atom stereocenters. The second kappa shape index (κ2) is 3.87. The van der Waals surface area contributed by atoms with Crippen molar-refractivity contribution < 1.29 is 0 Å². The fourth-order valence-electron chi connectivity index (χ4n) is 2.42. The van der Waals surface area contributed by atoms with Crippen LogP contribution >= 0.6 is 0 Å². The van der Waals surface area contributed by atoms with Crippen LogP contribution in [0.1, 0.15) is 30.1 Å². The van der Waals surface area contributed by atoms with E-state index in [0.29, 0.717) is 5.92 Å². The smallest absolute Gasteiger partial charge is 0.161 e. The van der Waals surface area contributed by atoms with Crippen molar-refractivity contribution in [2.45, 2.75) is 25.7 Å². The number of hydrogen-bond acceptors (Lipinski definition) is 3. The molecule has 4 heteroatoms. The minimum atomic E-state index is 0.635. The summed E-state index contributed by atoms with van der Waals surface area (Å²) in [4.78, 5) is 0. The van der Waals surface area contributed by atoms with Gasteiger partial charge >= 0.3 is 0 Å². The quantitative estimate of drug-likeness (QED) is 0.785. The highest BCUT2D eigenvalue weighted by Gasteiger charge is 2.15. The van der Waals surface area contributed by atoms with Gasteiger partial charge in [0.1, 0.15) is 5.82 Å². The van der Waals surface area contributed by atoms with Gasteiger partial charge in [-0.3, -0.25) is 4.40 Å². The van der Waals surface area contributed by atoms with E-state index in [9.17, 15) is 0 Å². The molecule has 2 aromatic rings. The monoisotopic (exact) mass is 216 g/mol. The molecule has 16 heavy (non-hydrogen) atoms. The largest absolute Gasteiger partial charge is 0.316 e. The van der Waals surface area contributed by atoms with Crippen molar-refractivity contribution in [3.63, 3.8) is 0 Å². The van der Waals surface area contributed by atoms with Crippen molar-refractivity contribution in [3.05, 3.63) is 29.7 Å². The third-order valence-corrected chi connectivity index (χ3v) is 3.37. The predicted molar refractivity (Wildman–Crippen MR) is 62.6 cm³/mol. The molecule has 1 fully saturated rings. The van der Waals surface area contributed by atoms with E-state index in [1.165, 1.54) is 18.4 Å². The summed E-state index contributed by atoms with van der Waals surface area (Å²) in [6, 6.07) is 4.36. The SMILES string of the molecule is Cc1nnc2cc(C3CCCNC3)ccn12. The first-order chi connectivity index (χ1) is 7.84. The van der Waals surface area contributed by atoms with Crippen molar-refractivity contribution >= 4 is 5.65 Å². The summed E-state index contributed by atoms with van der Waals surface area (Å²) in [7, 11) is 0. The number of aromatic nitrogens is 3. The zero-order valence-electron chi connectivity index (χ0n) is 9.48. The Balaban J connectivity index is 1.97. The topological polar surface area (TPSA) is 42.2 Å². The Kier molecular flexibility index (Phi) is 2.36. The minimum absolute atomic E-state index is 0.635. The predicted octanol–water partition coefficient (Wildman–Crippen LogP) is 1.50. The average molecular weight is 216 g/mol. The van der Waals surface area contributed by atoms with Gasteiger partial charge in [-0.25, -0.2) is 0 Å². The third-order valence-electron chi connectivity index (χ3n) is 3.37. The molecule has 0 bridgehead atoms. The first-order valence-corrected chi connectivity index (χ1v) is 5.86. The molecular weight excluding hydrogens is 200 g/mol. The maximum atomic E-state index is 4.17. The maximum Gasteiger partial charge on any atom is 0.161 e. The number of hydrogen-bond donors (Lipinski definition) is 1. The fraction of sp³-hybridized carbons (Fsp3) is 0.500. The Hall–Kier alpha value is -1.42. The van der Waals surface area contributed by atoms with Crippen LogP contribution < -0.4 is 5.32 Å². The average Bonchev–Trinajstić information content (AvgIpc) is 2.72. The van der Waals surface area contributed by atoms with Crippen LogP contribution in [-0.2, 0) is 0 Å². The van der Waals surface area contributed by atoms with Gasteiger partial charge < -0.3 is 5.32 Å². The van der Waals surface area contributed by atoms with Gasteiger partial charge in [-0.05, 0) is 49.9 Å². The molecule has 3 heterocycles. The van der Waals surface area contributed by atoms with Gasteiger partial charge in [0.05, 0.1) is 0 Å². The van der Waals surface area contributed by atoms with Gasteiger partial charge in [0.15, 0.2) is 5.65 Å². The molecule has 0 spiro atoms. The lowest BCUT2D eigenvalue weighted by Gasteiger charge is -2.23. The number of nitrogens with zero attached hydrogens (tertiary/aromatic N) is 3. The van der Waals surface area contributed by atoms with Gasteiger partial charge in [-0.2, -0.15) is 0 Å². The molecule has 0 aliphatic carbocycles. The molecule has 3 rings (SSSR count). The van der Waals surface area contributed by atoms with E-state index in [2.05, 4.69) is 33.8 Å². The molecule has 1 aliphatic rings. The molecule has 1 aliphatic heterocycles. The molecule has 84 valence electrons. The van der Waals surface area contributed by atoms with Crippen LogP contribution in [0.3, 0.4) is 0 Å². The molecule has 2 aromatic heterocycles. The van der Waals surface area contributed by atoms with Crippen molar-refractivity contribution in [3.8, 4) is 0 Å². The summed E-state index contributed by atoms with van der Waals surface area (Å²) in [5.41, 5.74) is 2.34. The van der Waals surface area contributed by atoms with Gasteiger partial charge in [0, 0.05) is 12.7 Å². The highest BCUT2D eigenvalue weighted by atomic mass is 15.2. The van der Waals surface area contributed by atoms with Crippen molar-refractivity contribution in [1.82, 2.24) is 19.9 Å². The molecular formula is C12H16N4. The summed E-state index contributed by atoms with van der Waals surface area (Å²) in [6.45, 7) is 4.22. The normalized spacial score (nSPS) is 21.4. The molecule has 1 unspecified atom stereocenters. The highest BCUT2D eigenvalue weighted by molar-refractivity contribution is 5.42. The number of piperidine rings is 1. The summed E-state index contributed by atoms with van der Waals surface area (Å²) < 4.78 is 2.03. The van der Waals surface area contributed by atoms with E-state index in [0.717, 1.165) is 24.6 Å². The van der Waals surface area contributed by atoms with E-state index in [1.807, 2.05) is 11.3 Å². The molecule has 1 saturated heterocycles. The number of fused-ring (bicyclic) bond motifs is 1. The Morgan fingerprint density at radius 1 is 1.44 bits per heavy atom. The first kappa shape index (κ1) is 9.78. The Morgan fingerprint density at radius 2 is 2.38 bits per heavy atom. The second-order valence-electron chi connectivity index (χ2n) is 4.48. The molecule has 0 aromatic carbocycles. The lowest BCUT2D eigenvalue weighted by molar-refractivity contribution is 0.461. The number of pyridine rings is 1. The van der Waals surface area contributed by atoms with Crippen LogP contribution in [0.4, 0.5) is 0 Å². The van der Waals surface area contributed by atoms with Crippen LogP contribution in [0.5, 0.6) is 0 Å². The van der Waals surface area contributed by atoms with Gasteiger partial charge in [0.25, 0.3) is 0 Å². The van der Waals surface area contributed by atoms with Crippen LogP contribution in [0.15, 0.2) is 18.3 Å². The molecule has 4 nitrogen and oxygen atoms in total. The molecule has 1 N–H and O–H groups in total. The summed E-state index contributed by atoms with van der Waals surface area (Å²) in [5, 5.41) is 11.7. The maximum absolute atomic E-state index is 4.17. The van der Waals surface area contributed by atoms with Crippen molar-refractivity contribution in [2.75, 3.05) is 13.1 Å². The van der Waals surface area contributed by atoms with Crippen LogP contribution in [-0.4, -0.2) is 27.7 Å². The van der Waals surface area contributed by atoms with Gasteiger partial charge in [-0.1, -0.05) is 0 Å². The number of aryl methyl sites for hydroxylation is 1. The van der Waals surface area contributed by atoms with Gasteiger partial charge in [0.2, 0.25) is 0 Å². The molecule has 0 radical (unpaired) electrons. The second-order valence-corrected chi connectivity index (χ2v) is 4.48. The highest BCUT2D eigenvalue weighted by Crippen LogP contribution is 2.23. The Morgan fingerprint density at radius 3 is 3.19 bits per heavy atom. The Labute approximate surface area is 94.7 Å². The van der Waals surface area contributed by atoms with E-state index in [-0.39, 0.29) is 0 Å². The van der Waals surface area contributed by atoms with E-state index < -0.39 is 0 Å². The third kappa shape index (κ3) is 1.59. The van der Waals surface area contributed by atoms with E-state index in [4.69, 9.17) is 0 Å². The molecule has 0 amide bonds. The van der Waals surface area contributed by atoms with E-state index in [1.54, 1.807) is 0 Å². The zero-order valence-corrected chi connectivity index (χ0v) is 9.48. The fourth-order valence-corrected chi connectivity index (χ4v) is 2.42. The van der Waals surface area contributed by atoms with Crippen molar-refractivity contribution in [2.24, 2.45) is 0 Å². The lowest BCUT2D eigenvalue weighted by atomic mass is 9.92. The van der Waals surface area contributed by atoms with Crippen molar-refractivity contribution in [1.29, 1.82) is 0 Å².